The first-order valence-electron chi connectivity index (χ1n) is 6.60. The van der Waals surface area contributed by atoms with Crippen LogP contribution in [0.4, 0.5) is 11.4 Å². The van der Waals surface area contributed by atoms with E-state index in [1.165, 1.54) is 43.7 Å². The lowest BCUT2D eigenvalue weighted by Gasteiger charge is -2.05. The van der Waals surface area contributed by atoms with Crippen LogP contribution in [-0.2, 0) is 0 Å². The summed E-state index contributed by atoms with van der Waals surface area (Å²) in [5.41, 5.74) is 3.18. The predicted octanol–water partition coefficient (Wildman–Crippen LogP) is 2.45. The maximum atomic E-state index is 10.9. The number of hydrogen-bond donors (Lipinski definition) is 3. The van der Waals surface area contributed by atoms with Gasteiger partial charge in [0.2, 0.25) is 5.75 Å². The molecule has 9 heteroatoms. The second kappa shape index (κ2) is 7.09. The lowest BCUT2D eigenvalue weighted by Crippen LogP contribution is -1.97. The first-order valence-corrected chi connectivity index (χ1v) is 6.60. The van der Waals surface area contributed by atoms with E-state index in [1.54, 1.807) is 0 Å². The SMILES string of the molecule is COc1cc(/C=N\Nc2ccc(C(=O)O)cc2)cc([N+](=O)[O-])c1O. The van der Waals surface area contributed by atoms with Crippen LogP contribution in [0.15, 0.2) is 41.5 Å². The number of carboxylic acid groups (broad SMARTS) is 1. The molecule has 0 aliphatic heterocycles. The third-order valence-electron chi connectivity index (χ3n) is 3.03. The minimum absolute atomic E-state index is 0.0449. The summed E-state index contributed by atoms with van der Waals surface area (Å²) >= 11 is 0. The lowest BCUT2D eigenvalue weighted by atomic mass is 10.2. The van der Waals surface area contributed by atoms with Gasteiger partial charge in [-0.3, -0.25) is 15.5 Å². The van der Waals surface area contributed by atoms with Crippen LogP contribution in [0.1, 0.15) is 15.9 Å². The first kappa shape index (κ1) is 16.7. The Kier molecular flexibility index (Phi) is 4.95. The van der Waals surface area contributed by atoms with Crippen LogP contribution in [0.3, 0.4) is 0 Å². The van der Waals surface area contributed by atoms with E-state index in [-0.39, 0.29) is 11.3 Å². The van der Waals surface area contributed by atoms with Crippen molar-refractivity contribution in [2.24, 2.45) is 5.10 Å². The molecule has 3 N–H and O–H groups in total. The number of hydrazone groups is 1. The van der Waals surface area contributed by atoms with Gasteiger partial charge >= 0.3 is 11.7 Å². The topological polar surface area (TPSA) is 134 Å². The number of methoxy groups -OCH3 is 1. The van der Waals surface area contributed by atoms with Crippen LogP contribution in [0, 0.1) is 10.1 Å². The summed E-state index contributed by atoms with van der Waals surface area (Å²) in [7, 11) is 1.28. The maximum Gasteiger partial charge on any atom is 0.335 e. The number of hydrogen-bond acceptors (Lipinski definition) is 7. The summed E-state index contributed by atoms with van der Waals surface area (Å²) in [6, 6.07) is 8.42. The van der Waals surface area contributed by atoms with Crippen LogP contribution in [0.5, 0.6) is 11.5 Å². The maximum absolute atomic E-state index is 10.9. The van der Waals surface area contributed by atoms with Gasteiger partial charge in [-0.2, -0.15) is 5.10 Å². The van der Waals surface area contributed by atoms with Crippen molar-refractivity contribution in [3.05, 3.63) is 57.6 Å². The van der Waals surface area contributed by atoms with Crippen LogP contribution < -0.4 is 10.2 Å². The van der Waals surface area contributed by atoms with E-state index >= 15 is 0 Å². The van der Waals surface area contributed by atoms with Crippen LogP contribution in [0.25, 0.3) is 0 Å². The fourth-order valence-electron chi connectivity index (χ4n) is 1.85. The number of rotatable bonds is 6. The predicted molar refractivity (Wildman–Crippen MR) is 85.9 cm³/mol. The number of nitro groups is 1. The molecule has 0 aliphatic carbocycles. The molecule has 0 aromatic heterocycles. The van der Waals surface area contributed by atoms with Crippen molar-refractivity contribution in [1.29, 1.82) is 0 Å². The van der Waals surface area contributed by atoms with Gasteiger partial charge in [0.15, 0.2) is 5.75 Å². The summed E-state index contributed by atoms with van der Waals surface area (Å²) in [5.74, 6) is -1.64. The summed E-state index contributed by atoms with van der Waals surface area (Å²) < 4.78 is 4.88. The van der Waals surface area contributed by atoms with Gasteiger partial charge in [0.25, 0.3) is 0 Å². The molecule has 0 heterocycles. The fraction of sp³-hybridized carbons (Fsp3) is 0.0667. The van der Waals surface area contributed by atoms with Gasteiger partial charge in [-0.25, -0.2) is 4.79 Å². The molecule has 0 saturated carbocycles. The van der Waals surface area contributed by atoms with E-state index in [1.807, 2.05) is 0 Å². The lowest BCUT2D eigenvalue weighted by molar-refractivity contribution is -0.386. The molecule has 0 fully saturated rings. The molecule has 0 unspecified atom stereocenters. The second-order valence-corrected chi connectivity index (χ2v) is 4.60. The van der Waals surface area contributed by atoms with E-state index in [0.717, 1.165) is 6.07 Å². The monoisotopic (exact) mass is 331 g/mol. The van der Waals surface area contributed by atoms with E-state index < -0.39 is 22.3 Å². The zero-order valence-corrected chi connectivity index (χ0v) is 12.5. The second-order valence-electron chi connectivity index (χ2n) is 4.60. The number of phenolic OH excluding ortho intramolecular Hbond substituents is 1. The highest BCUT2D eigenvalue weighted by Crippen LogP contribution is 2.36. The van der Waals surface area contributed by atoms with E-state index in [2.05, 4.69) is 10.5 Å². The zero-order chi connectivity index (χ0) is 17.7. The van der Waals surface area contributed by atoms with Crippen LogP contribution in [0.2, 0.25) is 0 Å². The van der Waals surface area contributed by atoms with Crippen LogP contribution in [-0.4, -0.2) is 34.4 Å². The third-order valence-corrected chi connectivity index (χ3v) is 3.03. The molecule has 124 valence electrons. The minimum Gasteiger partial charge on any atom is -0.500 e. The minimum atomic E-state index is -1.03. The van der Waals surface area contributed by atoms with Crippen molar-refractivity contribution in [3.8, 4) is 11.5 Å². The molecule has 24 heavy (non-hydrogen) atoms. The molecule has 0 amide bonds. The Morgan fingerprint density at radius 2 is 2.00 bits per heavy atom. The number of benzene rings is 2. The van der Waals surface area contributed by atoms with Gasteiger partial charge in [0, 0.05) is 11.6 Å². The number of anilines is 1. The Hall–Kier alpha value is -3.62. The molecule has 0 atom stereocenters. The van der Waals surface area contributed by atoms with E-state index in [4.69, 9.17) is 9.84 Å². The summed E-state index contributed by atoms with van der Waals surface area (Å²) in [6.07, 6.45) is 1.31. The number of nitrogens with zero attached hydrogens (tertiary/aromatic N) is 2. The quantitative estimate of drug-likeness (QED) is 0.420. The normalized spacial score (nSPS) is 10.5. The van der Waals surface area contributed by atoms with Gasteiger partial charge in [-0.15, -0.1) is 0 Å². The molecule has 2 rings (SSSR count). The first-order chi connectivity index (χ1) is 11.4. The van der Waals surface area contributed by atoms with E-state index in [9.17, 15) is 20.0 Å². The molecule has 0 bridgehead atoms. The Morgan fingerprint density at radius 3 is 2.54 bits per heavy atom. The highest BCUT2D eigenvalue weighted by atomic mass is 16.6. The summed E-state index contributed by atoms with van der Waals surface area (Å²) in [6.45, 7) is 0. The number of aromatic hydroxyl groups is 1. The van der Waals surface area contributed by atoms with Crippen molar-refractivity contribution in [3.63, 3.8) is 0 Å². The number of carboxylic acids is 1. The smallest absolute Gasteiger partial charge is 0.335 e. The molecule has 0 spiro atoms. The van der Waals surface area contributed by atoms with Gasteiger partial charge in [-0.05, 0) is 30.3 Å². The molecule has 2 aromatic carbocycles. The molecular formula is C15H13N3O6. The average Bonchev–Trinajstić information content (AvgIpc) is 2.56. The van der Waals surface area contributed by atoms with Crippen molar-refractivity contribution >= 4 is 23.6 Å². The van der Waals surface area contributed by atoms with Crippen LogP contribution >= 0.6 is 0 Å². The van der Waals surface area contributed by atoms with Gasteiger partial charge in [0.05, 0.1) is 29.5 Å². The van der Waals surface area contributed by atoms with Gasteiger partial charge in [0.1, 0.15) is 0 Å². The molecule has 0 aliphatic rings. The molecule has 9 nitrogen and oxygen atoms in total. The Bertz CT molecular complexity index is 802. The standard InChI is InChI=1S/C15H13N3O6/c1-24-13-7-9(6-12(14(13)19)18(22)23)8-16-17-11-4-2-10(3-5-11)15(20)21/h2-8,17,19H,1H3,(H,20,21)/b16-8-. The Labute approximate surface area is 136 Å². The number of phenols is 1. The van der Waals surface area contributed by atoms with Crippen molar-refractivity contribution in [2.45, 2.75) is 0 Å². The highest BCUT2D eigenvalue weighted by Gasteiger charge is 2.19. The van der Waals surface area contributed by atoms with Crippen molar-refractivity contribution in [1.82, 2.24) is 0 Å². The van der Waals surface area contributed by atoms with Crippen molar-refractivity contribution in [2.75, 3.05) is 12.5 Å². The zero-order valence-electron chi connectivity index (χ0n) is 12.5. The van der Waals surface area contributed by atoms with Gasteiger partial charge < -0.3 is 14.9 Å². The van der Waals surface area contributed by atoms with Crippen molar-refractivity contribution < 1.29 is 24.7 Å². The summed E-state index contributed by atoms with van der Waals surface area (Å²) in [4.78, 5) is 20.9. The fourth-order valence-corrected chi connectivity index (χ4v) is 1.85. The molecule has 0 radical (unpaired) electrons. The Balaban J connectivity index is 2.18. The third kappa shape index (κ3) is 3.77. The largest absolute Gasteiger partial charge is 0.500 e. The number of nitrogens with one attached hydrogen (secondary N) is 1. The number of nitro benzene ring substituents is 1. The number of aromatic carboxylic acids is 1. The average molecular weight is 331 g/mol. The van der Waals surface area contributed by atoms with E-state index in [0.29, 0.717) is 11.3 Å². The highest BCUT2D eigenvalue weighted by molar-refractivity contribution is 5.88. The Morgan fingerprint density at radius 1 is 1.33 bits per heavy atom. The molecular weight excluding hydrogens is 318 g/mol. The summed E-state index contributed by atoms with van der Waals surface area (Å²) in [5, 5.41) is 33.3. The number of ether oxygens (including phenoxy) is 1. The number of carbonyl (C=O) groups is 1. The molecule has 2 aromatic rings. The van der Waals surface area contributed by atoms with Gasteiger partial charge in [-0.1, -0.05) is 0 Å². The molecule has 0 saturated heterocycles.